The first kappa shape index (κ1) is 13.0. The van der Waals surface area contributed by atoms with Gasteiger partial charge in [-0.15, -0.1) is 0 Å². The summed E-state index contributed by atoms with van der Waals surface area (Å²) in [6, 6.07) is 2.53. The number of aliphatic hydroxyl groups is 1. The minimum absolute atomic E-state index is 0.172. The Hall–Kier alpha value is -0.480. The Bertz CT molecular complexity index is 412. The molecule has 94 valence electrons. The smallest absolute Gasteiger partial charge is 0.146 e. The van der Waals surface area contributed by atoms with E-state index >= 15 is 0 Å². The molecule has 0 amide bonds. The molecule has 1 aromatic carbocycles. The minimum Gasteiger partial charge on any atom is -0.385 e. The van der Waals surface area contributed by atoms with Crippen LogP contribution in [0, 0.1) is 11.6 Å². The van der Waals surface area contributed by atoms with E-state index in [0.29, 0.717) is 12.8 Å². The van der Waals surface area contributed by atoms with Crippen molar-refractivity contribution in [2.24, 2.45) is 0 Å². The lowest BCUT2D eigenvalue weighted by atomic mass is 9.86. The molecule has 0 radical (unpaired) electrons. The maximum absolute atomic E-state index is 14.0. The zero-order valence-corrected chi connectivity index (χ0v) is 11.1. The molecule has 1 fully saturated rings. The van der Waals surface area contributed by atoms with Crippen molar-refractivity contribution in [1.29, 1.82) is 0 Å². The SMILES string of the molecule is OC1(c2c(F)ccc(Br)c2F)CCCCCC1. The van der Waals surface area contributed by atoms with E-state index in [1.165, 1.54) is 12.1 Å². The first-order valence-corrected chi connectivity index (χ1v) is 6.70. The molecule has 0 unspecified atom stereocenters. The molecule has 1 nitrogen and oxygen atoms in total. The van der Waals surface area contributed by atoms with Crippen LogP contribution < -0.4 is 0 Å². The van der Waals surface area contributed by atoms with E-state index in [2.05, 4.69) is 15.9 Å². The molecule has 1 aliphatic rings. The molecule has 0 saturated heterocycles. The molecule has 1 saturated carbocycles. The summed E-state index contributed by atoms with van der Waals surface area (Å²) < 4.78 is 28.0. The number of benzene rings is 1. The molecule has 1 aromatic rings. The van der Waals surface area contributed by atoms with Crippen LogP contribution in [0.1, 0.15) is 44.1 Å². The predicted molar refractivity (Wildman–Crippen MR) is 65.7 cm³/mol. The van der Waals surface area contributed by atoms with E-state index in [-0.39, 0.29) is 10.0 Å². The number of hydrogen-bond acceptors (Lipinski definition) is 1. The summed E-state index contributed by atoms with van der Waals surface area (Å²) in [5, 5.41) is 10.5. The van der Waals surface area contributed by atoms with Crippen LogP contribution in [0.5, 0.6) is 0 Å². The minimum atomic E-state index is -1.35. The van der Waals surface area contributed by atoms with E-state index in [0.717, 1.165) is 25.7 Å². The topological polar surface area (TPSA) is 20.2 Å². The fourth-order valence-electron chi connectivity index (χ4n) is 2.52. The maximum atomic E-state index is 14.0. The van der Waals surface area contributed by atoms with E-state index < -0.39 is 17.2 Å². The number of halogens is 3. The van der Waals surface area contributed by atoms with Gasteiger partial charge in [-0.1, -0.05) is 25.7 Å². The lowest BCUT2D eigenvalue weighted by Crippen LogP contribution is -2.27. The molecule has 0 bridgehead atoms. The summed E-state index contributed by atoms with van der Waals surface area (Å²) >= 11 is 3.04. The highest BCUT2D eigenvalue weighted by Crippen LogP contribution is 2.39. The van der Waals surface area contributed by atoms with Crippen LogP contribution >= 0.6 is 15.9 Å². The van der Waals surface area contributed by atoms with Gasteiger partial charge in [-0.3, -0.25) is 0 Å². The fraction of sp³-hybridized carbons (Fsp3) is 0.538. The summed E-state index contributed by atoms with van der Waals surface area (Å²) in [7, 11) is 0. The summed E-state index contributed by atoms with van der Waals surface area (Å²) in [6.07, 6.45) is 4.50. The molecule has 4 heteroatoms. The van der Waals surface area contributed by atoms with Crippen LogP contribution in [-0.4, -0.2) is 5.11 Å². The highest BCUT2D eigenvalue weighted by Gasteiger charge is 2.36. The molecule has 0 heterocycles. The van der Waals surface area contributed by atoms with Crippen LogP contribution in [0.3, 0.4) is 0 Å². The molecular weight excluding hydrogens is 290 g/mol. The quantitative estimate of drug-likeness (QED) is 0.607. The molecule has 1 aliphatic carbocycles. The lowest BCUT2D eigenvalue weighted by molar-refractivity contribution is 0.0135. The van der Waals surface area contributed by atoms with Crippen LogP contribution in [0.2, 0.25) is 0 Å². The van der Waals surface area contributed by atoms with Gasteiger partial charge < -0.3 is 5.11 Å². The fourth-order valence-corrected chi connectivity index (χ4v) is 2.85. The van der Waals surface area contributed by atoms with E-state index in [9.17, 15) is 13.9 Å². The van der Waals surface area contributed by atoms with E-state index in [4.69, 9.17) is 0 Å². The number of rotatable bonds is 1. The second-order valence-corrected chi connectivity index (χ2v) is 5.52. The van der Waals surface area contributed by atoms with Crippen LogP contribution in [0.25, 0.3) is 0 Å². The van der Waals surface area contributed by atoms with Gasteiger partial charge in [-0.25, -0.2) is 8.78 Å². The van der Waals surface area contributed by atoms with Crippen molar-refractivity contribution >= 4 is 15.9 Å². The van der Waals surface area contributed by atoms with Crippen LogP contribution in [0.4, 0.5) is 8.78 Å². The molecule has 0 spiro atoms. The normalized spacial score (nSPS) is 20.0. The molecule has 0 aliphatic heterocycles. The molecular formula is C13H15BrF2O. The highest BCUT2D eigenvalue weighted by atomic mass is 79.9. The average molecular weight is 305 g/mol. The lowest BCUT2D eigenvalue weighted by Gasteiger charge is -2.28. The average Bonchev–Trinajstić information content (AvgIpc) is 2.50. The van der Waals surface area contributed by atoms with E-state index in [1.54, 1.807) is 0 Å². The van der Waals surface area contributed by atoms with Gasteiger partial charge in [-0.2, -0.15) is 0 Å². The van der Waals surface area contributed by atoms with Gasteiger partial charge in [-0.05, 0) is 40.9 Å². The van der Waals surface area contributed by atoms with Crippen molar-refractivity contribution in [3.8, 4) is 0 Å². The van der Waals surface area contributed by atoms with Crippen molar-refractivity contribution in [1.82, 2.24) is 0 Å². The second kappa shape index (κ2) is 5.02. The van der Waals surface area contributed by atoms with Crippen molar-refractivity contribution in [2.45, 2.75) is 44.1 Å². The van der Waals surface area contributed by atoms with Crippen molar-refractivity contribution in [3.63, 3.8) is 0 Å². The summed E-state index contributed by atoms with van der Waals surface area (Å²) in [5.74, 6) is -1.33. The van der Waals surface area contributed by atoms with Crippen LogP contribution in [0.15, 0.2) is 16.6 Å². The van der Waals surface area contributed by atoms with E-state index in [1.807, 2.05) is 0 Å². The zero-order valence-electron chi connectivity index (χ0n) is 9.48. The highest BCUT2D eigenvalue weighted by molar-refractivity contribution is 9.10. The Kier molecular flexibility index (Phi) is 3.83. The second-order valence-electron chi connectivity index (χ2n) is 4.66. The van der Waals surface area contributed by atoms with Crippen molar-refractivity contribution < 1.29 is 13.9 Å². The third-order valence-electron chi connectivity index (χ3n) is 3.44. The van der Waals surface area contributed by atoms with Crippen molar-refractivity contribution in [2.75, 3.05) is 0 Å². The molecule has 2 rings (SSSR count). The summed E-state index contributed by atoms with van der Waals surface area (Å²) in [6.45, 7) is 0. The van der Waals surface area contributed by atoms with Crippen LogP contribution in [-0.2, 0) is 5.60 Å². The third-order valence-corrected chi connectivity index (χ3v) is 4.05. The van der Waals surface area contributed by atoms with Crippen molar-refractivity contribution in [3.05, 3.63) is 33.8 Å². The Morgan fingerprint density at radius 2 is 1.65 bits per heavy atom. The zero-order chi connectivity index (χ0) is 12.5. The van der Waals surface area contributed by atoms with Gasteiger partial charge in [0.1, 0.15) is 11.6 Å². The Morgan fingerprint density at radius 3 is 2.24 bits per heavy atom. The molecule has 0 aromatic heterocycles. The van der Waals surface area contributed by atoms with Gasteiger partial charge in [0.25, 0.3) is 0 Å². The van der Waals surface area contributed by atoms with Gasteiger partial charge in [0.2, 0.25) is 0 Å². The Morgan fingerprint density at radius 1 is 1.06 bits per heavy atom. The molecule has 0 atom stereocenters. The van der Waals surface area contributed by atoms with Gasteiger partial charge in [0, 0.05) is 0 Å². The first-order chi connectivity index (χ1) is 8.04. The van der Waals surface area contributed by atoms with Gasteiger partial charge >= 0.3 is 0 Å². The predicted octanol–water partition coefficient (Wildman–Crippen LogP) is 4.27. The molecule has 17 heavy (non-hydrogen) atoms. The number of hydrogen-bond donors (Lipinski definition) is 1. The Labute approximate surface area is 108 Å². The Balaban J connectivity index is 2.47. The largest absolute Gasteiger partial charge is 0.385 e. The van der Waals surface area contributed by atoms with Gasteiger partial charge in [0.05, 0.1) is 15.6 Å². The standard InChI is InChI=1S/C13H15BrF2O/c14-9-5-6-10(15)11(12(9)16)13(17)7-3-1-2-4-8-13/h5-6,17H,1-4,7-8H2. The summed E-state index contributed by atoms with van der Waals surface area (Å²) in [4.78, 5) is 0. The summed E-state index contributed by atoms with van der Waals surface area (Å²) in [5.41, 5.74) is -1.53. The van der Waals surface area contributed by atoms with Gasteiger partial charge in [0.15, 0.2) is 0 Å². The first-order valence-electron chi connectivity index (χ1n) is 5.91. The maximum Gasteiger partial charge on any atom is 0.146 e. The third kappa shape index (κ3) is 2.52. The monoisotopic (exact) mass is 304 g/mol. The molecule has 1 N–H and O–H groups in total.